The van der Waals surface area contributed by atoms with Gasteiger partial charge in [0.25, 0.3) is 0 Å². The van der Waals surface area contributed by atoms with Crippen LogP contribution in [-0.2, 0) is 22.2 Å². The van der Waals surface area contributed by atoms with Gasteiger partial charge < -0.3 is 10.2 Å². The summed E-state index contributed by atoms with van der Waals surface area (Å²) in [6.07, 6.45) is 0. The monoisotopic (exact) mass is 306 g/mol. The first-order valence-electron chi connectivity index (χ1n) is 6.17. The average Bonchev–Trinajstić information content (AvgIpc) is 2.48. The first-order chi connectivity index (χ1) is 9.92. The number of hydrogen-bond acceptors (Lipinski definition) is 4. The van der Waals surface area contributed by atoms with Crippen LogP contribution >= 0.6 is 0 Å². The summed E-state index contributed by atoms with van der Waals surface area (Å²) < 4.78 is 24.6. The van der Waals surface area contributed by atoms with Crippen molar-refractivity contribution in [3.8, 4) is 0 Å². The van der Waals surface area contributed by atoms with E-state index in [1.807, 2.05) is 0 Å². The van der Waals surface area contributed by atoms with Crippen LogP contribution in [0, 0.1) is 0 Å². The fraction of sp³-hybridized carbons (Fsp3) is 0.133. The van der Waals surface area contributed by atoms with Gasteiger partial charge in [-0.15, -0.1) is 0 Å². The fourth-order valence-corrected chi connectivity index (χ4v) is 3.26. The molecular formula is C15H14O5S. The third-order valence-electron chi connectivity index (χ3n) is 3.00. The van der Waals surface area contributed by atoms with Gasteiger partial charge >= 0.3 is 5.97 Å². The fourth-order valence-electron chi connectivity index (χ4n) is 1.87. The van der Waals surface area contributed by atoms with Crippen LogP contribution in [0.2, 0.25) is 0 Å². The van der Waals surface area contributed by atoms with Crippen molar-refractivity contribution in [2.75, 3.05) is 0 Å². The van der Waals surface area contributed by atoms with Crippen LogP contribution in [0.15, 0.2) is 53.4 Å². The summed E-state index contributed by atoms with van der Waals surface area (Å²) in [5.41, 5.74) is 1.21. The molecule has 21 heavy (non-hydrogen) atoms. The van der Waals surface area contributed by atoms with Gasteiger partial charge in [0.15, 0.2) is 9.84 Å². The maximum atomic E-state index is 12.3. The van der Waals surface area contributed by atoms with Crippen molar-refractivity contribution in [3.05, 3.63) is 65.2 Å². The van der Waals surface area contributed by atoms with Crippen LogP contribution in [0.5, 0.6) is 0 Å². The van der Waals surface area contributed by atoms with E-state index in [1.54, 1.807) is 24.3 Å². The van der Waals surface area contributed by atoms with Crippen molar-refractivity contribution in [2.24, 2.45) is 0 Å². The van der Waals surface area contributed by atoms with Crippen molar-refractivity contribution in [1.29, 1.82) is 0 Å². The zero-order valence-electron chi connectivity index (χ0n) is 11.1. The topological polar surface area (TPSA) is 91.7 Å². The standard InChI is InChI=1S/C15H14O5S/c16-9-11-4-6-12(7-5-11)10-21(19,20)14-3-1-2-13(8-14)15(17)18/h1-8,16H,9-10H2,(H,17,18). The summed E-state index contributed by atoms with van der Waals surface area (Å²) in [6, 6.07) is 11.8. The molecule has 0 amide bonds. The third kappa shape index (κ3) is 3.68. The Hall–Kier alpha value is -2.18. The zero-order valence-corrected chi connectivity index (χ0v) is 11.9. The molecule has 2 aromatic carbocycles. The zero-order chi connectivity index (χ0) is 15.5. The first kappa shape index (κ1) is 15.2. The molecule has 0 bridgehead atoms. The van der Waals surface area contributed by atoms with Gasteiger partial charge in [0.2, 0.25) is 0 Å². The highest BCUT2D eigenvalue weighted by Gasteiger charge is 2.17. The number of carbonyl (C=O) groups is 1. The smallest absolute Gasteiger partial charge is 0.335 e. The molecule has 0 unspecified atom stereocenters. The van der Waals surface area contributed by atoms with E-state index < -0.39 is 15.8 Å². The van der Waals surface area contributed by atoms with Gasteiger partial charge in [-0.3, -0.25) is 0 Å². The average molecular weight is 306 g/mol. The van der Waals surface area contributed by atoms with Crippen molar-refractivity contribution >= 4 is 15.8 Å². The molecule has 0 aliphatic rings. The van der Waals surface area contributed by atoms with Crippen LogP contribution in [0.3, 0.4) is 0 Å². The number of carboxylic acids is 1. The predicted molar refractivity (Wildman–Crippen MR) is 76.7 cm³/mol. The molecule has 0 radical (unpaired) electrons. The molecular weight excluding hydrogens is 292 g/mol. The van der Waals surface area contributed by atoms with Crippen LogP contribution in [0.25, 0.3) is 0 Å². The van der Waals surface area contributed by atoms with E-state index >= 15 is 0 Å². The summed E-state index contributed by atoms with van der Waals surface area (Å²) in [7, 11) is -3.61. The molecule has 0 heterocycles. The summed E-state index contributed by atoms with van der Waals surface area (Å²) in [5, 5.41) is 17.9. The molecule has 2 rings (SSSR count). The lowest BCUT2D eigenvalue weighted by Gasteiger charge is -2.06. The molecule has 0 spiro atoms. The Morgan fingerprint density at radius 2 is 1.62 bits per heavy atom. The Kier molecular flexibility index (Phi) is 4.40. The number of benzene rings is 2. The van der Waals surface area contributed by atoms with Crippen LogP contribution < -0.4 is 0 Å². The van der Waals surface area contributed by atoms with E-state index in [9.17, 15) is 13.2 Å². The van der Waals surface area contributed by atoms with Crippen molar-refractivity contribution in [3.63, 3.8) is 0 Å². The van der Waals surface area contributed by atoms with Crippen molar-refractivity contribution in [2.45, 2.75) is 17.3 Å². The number of hydrogen-bond donors (Lipinski definition) is 2. The van der Waals surface area contributed by atoms with E-state index in [-0.39, 0.29) is 22.8 Å². The largest absolute Gasteiger partial charge is 0.478 e. The Labute approximate surface area is 122 Å². The molecule has 0 saturated heterocycles. The van der Waals surface area contributed by atoms with E-state index in [0.717, 1.165) is 6.07 Å². The van der Waals surface area contributed by atoms with Gasteiger partial charge in [-0.1, -0.05) is 30.3 Å². The third-order valence-corrected chi connectivity index (χ3v) is 4.69. The second-order valence-electron chi connectivity index (χ2n) is 4.57. The van der Waals surface area contributed by atoms with Gasteiger partial charge in [-0.2, -0.15) is 0 Å². The lowest BCUT2D eigenvalue weighted by atomic mass is 10.2. The van der Waals surface area contributed by atoms with E-state index in [2.05, 4.69) is 0 Å². The lowest BCUT2D eigenvalue weighted by Crippen LogP contribution is -2.07. The maximum Gasteiger partial charge on any atom is 0.335 e. The minimum atomic E-state index is -3.61. The van der Waals surface area contributed by atoms with Gasteiger partial charge in [-0.25, -0.2) is 13.2 Å². The Morgan fingerprint density at radius 3 is 2.19 bits per heavy atom. The lowest BCUT2D eigenvalue weighted by molar-refractivity contribution is 0.0696. The number of aliphatic hydroxyl groups is 1. The second kappa shape index (κ2) is 6.07. The molecule has 0 atom stereocenters. The van der Waals surface area contributed by atoms with E-state index in [1.165, 1.54) is 18.2 Å². The Morgan fingerprint density at radius 1 is 1.00 bits per heavy atom. The minimum Gasteiger partial charge on any atom is -0.478 e. The van der Waals surface area contributed by atoms with Gasteiger partial charge in [-0.05, 0) is 29.3 Å². The van der Waals surface area contributed by atoms with Crippen LogP contribution in [0.4, 0.5) is 0 Å². The molecule has 2 N–H and O–H groups in total. The Bertz CT molecular complexity index is 748. The molecule has 5 nitrogen and oxygen atoms in total. The Balaban J connectivity index is 2.29. The minimum absolute atomic E-state index is 0.0198. The first-order valence-corrected chi connectivity index (χ1v) is 7.82. The van der Waals surface area contributed by atoms with Crippen molar-refractivity contribution in [1.82, 2.24) is 0 Å². The summed E-state index contributed by atoms with van der Waals surface area (Å²) in [6.45, 7) is -0.103. The number of aromatic carboxylic acids is 1. The molecule has 0 fully saturated rings. The van der Waals surface area contributed by atoms with E-state index in [4.69, 9.17) is 10.2 Å². The van der Waals surface area contributed by atoms with Gasteiger partial charge in [0, 0.05) is 0 Å². The van der Waals surface area contributed by atoms with Crippen LogP contribution in [-0.4, -0.2) is 24.6 Å². The molecule has 0 aromatic heterocycles. The van der Waals surface area contributed by atoms with Gasteiger partial charge in [0.05, 0.1) is 22.8 Å². The summed E-state index contributed by atoms with van der Waals surface area (Å²) >= 11 is 0. The summed E-state index contributed by atoms with van der Waals surface area (Å²) in [5.74, 6) is -1.39. The highest BCUT2D eigenvalue weighted by Crippen LogP contribution is 2.18. The number of sulfone groups is 1. The molecule has 0 aliphatic heterocycles. The highest BCUT2D eigenvalue weighted by atomic mass is 32.2. The molecule has 6 heteroatoms. The SMILES string of the molecule is O=C(O)c1cccc(S(=O)(=O)Cc2ccc(CO)cc2)c1. The van der Waals surface area contributed by atoms with E-state index in [0.29, 0.717) is 11.1 Å². The number of carboxylic acid groups (broad SMARTS) is 1. The number of aliphatic hydroxyl groups excluding tert-OH is 1. The van der Waals surface area contributed by atoms with Crippen molar-refractivity contribution < 1.29 is 23.4 Å². The number of rotatable bonds is 5. The quantitative estimate of drug-likeness (QED) is 0.879. The molecule has 2 aromatic rings. The maximum absolute atomic E-state index is 12.3. The van der Waals surface area contributed by atoms with Crippen LogP contribution in [0.1, 0.15) is 21.5 Å². The summed E-state index contributed by atoms with van der Waals surface area (Å²) in [4.78, 5) is 10.9. The predicted octanol–water partition coefficient (Wildman–Crippen LogP) is 1.85. The van der Waals surface area contributed by atoms with Gasteiger partial charge in [0.1, 0.15) is 0 Å². The highest BCUT2D eigenvalue weighted by molar-refractivity contribution is 7.90. The normalized spacial score (nSPS) is 11.3. The molecule has 110 valence electrons. The second-order valence-corrected chi connectivity index (χ2v) is 6.56. The molecule has 0 saturated carbocycles. The molecule has 0 aliphatic carbocycles.